The van der Waals surface area contributed by atoms with Crippen LogP contribution in [0.25, 0.3) is 0 Å². The molecule has 0 saturated carbocycles. The van der Waals surface area contributed by atoms with Crippen molar-refractivity contribution in [1.82, 2.24) is 9.80 Å². The SMILES string of the molecule is CCCN(C)C1(CN)CCN(CC(C)C)CC1. The molecule has 0 bridgehead atoms. The van der Waals surface area contributed by atoms with Gasteiger partial charge in [0, 0.05) is 18.6 Å². The lowest BCUT2D eigenvalue weighted by atomic mass is 9.85. The minimum Gasteiger partial charge on any atom is -0.329 e. The summed E-state index contributed by atoms with van der Waals surface area (Å²) in [6, 6.07) is 0. The number of hydrogen-bond acceptors (Lipinski definition) is 3. The largest absolute Gasteiger partial charge is 0.329 e. The van der Waals surface area contributed by atoms with Gasteiger partial charge >= 0.3 is 0 Å². The summed E-state index contributed by atoms with van der Waals surface area (Å²) in [5, 5.41) is 0. The van der Waals surface area contributed by atoms with Crippen LogP contribution < -0.4 is 5.73 Å². The van der Waals surface area contributed by atoms with Gasteiger partial charge in [-0.15, -0.1) is 0 Å². The molecule has 0 atom stereocenters. The number of likely N-dealkylation sites (tertiary alicyclic amines) is 1. The summed E-state index contributed by atoms with van der Waals surface area (Å²) in [4.78, 5) is 5.10. The Morgan fingerprint density at radius 1 is 1.29 bits per heavy atom. The fourth-order valence-corrected chi connectivity index (χ4v) is 2.98. The van der Waals surface area contributed by atoms with Crippen LogP contribution in [-0.2, 0) is 0 Å². The number of hydrogen-bond donors (Lipinski definition) is 1. The van der Waals surface area contributed by atoms with E-state index in [4.69, 9.17) is 5.73 Å². The molecular formula is C14H31N3. The van der Waals surface area contributed by atoms with Crippen LogP contribution >= 0.6 is 0 Å². The second-order valence-electron chi connectivity index (χ2n) is 6.04. The van der Waals surface area contributed by atoms with Crippen LogP contribution in [0.4, 0.5) is 0 Å². The molecule has 0 amide bonds. The van der Waals surface area contributed by atoms with E-state index in [-0.39, 0.29) is 5.54 Å². The van der Waals surface area contributed by atoms with Gasteiger partial charge in [0.15, 0.2) is 0 Å². The predicted molar refractivity (Wildman–Crippen MR) is 75.2 cm³/mol. The van der Waals surface area contributed by atoms with Gasteiger partial charge < -0.3 is 10.6 Å². The molecule has 0 radical (unpaired) electrons. The van der Waals surface area contributed by atoms with Crippen molar-refractivity contribution in [1.29, 1.82) is 0 Å². The highest BCUT2D eigenvalue weighted by molar-refractivity contribution is 4.95. The van der Waals surface area contributed by atoms with E-state index in [9.17, 15) is 0 Å². The number of rotatable bonds is 6. The van der Waals surface area contributed by atoms with Crippen LogP contribution in [0.3, 0.4) is 0 Å². The first-order valence-electron chi connectivity index (χ1n) is 7.17. The van der Waals surface area contributed by atoms with Crippen LogP contribution in [0.2, 0.25) is 0 Å². The fourth-order valence-electron chi connectivity index (χ4n) is 2.98. The third kappa shape index (κ3) is 3.94. The van der Waals surface area contributed by atoms with E-state index in [1.54, 1.807) is 0 Å². The molecule has 1 rings (SSSR count). The minimum atomic E-state index is 0.267. The molecular weight excluding hydrogens is 210 g/mol. The Morgan fingerprint density at radius 2 is 1.88 bits per heavy atom. The van der Waals surface area contributed by atoms with E-state index in [1.807, 2.05) is 0 Å². The van der Waals surface area contributed by atoms with Crippen molar-refractivity contribution in [3.63, 3.8) is 0 Å². The zero-order valence-electron chi connectivity index (χ0n) is 12.2. The molecule has 0 aromatic heterocycles. The third-order valence-electron chi connectivity index (χ3n) is 4.16. The molecule has 0 spiro atoms. The summed E-state index contributed by atoms with van der Waals surface area (Å²) in [6.45, 7) is 12.5. The average molecular weight is 241 g/mol. The van der Waals surface area contributed by atoms with Crippen LogP contribution in [0.5, 0.6) is 0 Å². The van der Waals surface area contributed by atoms with Gasteiger partial charge in [0.05, 0.1) is 0 Å². The van der Waals surface area contributed by atoms with Crippen molar-refractivity contribution in [3.05, 3.63) is 0 Å². The van der Waals surface area contributed by atoms with E-state index >= 15 is 0 Å². The standard InChI is InChI=1S/C14H31N3/c1-5-8-16(4)14(12-15)6-9-17(10-7-14)11-13(2)3/h13H,5-12,15H2,1-4H3. The van der Waals surface area contributed by atoms with Gasteiger partial charge in [-0.2, -0.15) is 0 Å². The summed E-state index contributed by atoms with van der Waals surface area (Å²) in [7, 11) is 2.24. The molecule has 3 heteroatoms. The summed E-state index contributed by atoms with van der Waals surface area (Å²) in [6.07, 6.45) is 3.67. The Kier molecular flexibility index (Phi) is 5.90. The Bertz CT molecular complexity index is 208. The molecule has 1 saturated heterocycles. The topological polar surface area (TPSA) is 32.5 Å². The molecule has 0 aromatic rings. The van der Waals surface area contributed by atoms with Crippen molar-refractivity contribution in [2.45, 2.75) is 45.6 Å². The molecule has 1 aliphatic rings. The minimum absolute atomic E-state index is 0.267. The lowest BCUT2D eigenvalue weighted by Gasteiger charge is -2.47. The maximum atomic E-state index is 6.06. The fraction of sp³-hybridized carbons (Fsp3) is 1.00. The Hall–Kier alpha value is -0.120. The molecule has 1 heterocycles. The number of nitrogens with two attached hydrogens (primary N) is 1. The number of piperidine rings is 1. The van der Waals surface area contributed by atoms with Crippen molar-refractivity contribution in [2.75, 3.05) is 39.8 Å². The Labute approximate surface area is 107 Å². The van der Waals surface area contributed by atoms with Crippen molar-refractivity contribution < 1.29 is 0 Å². The number of likely N-dealkylation sites (N-methyl/N-ethyl adjacent to an activating group) is 1. The van der Waals surface area contributed by atoms with E-state index < -0.39 is 0 Å². The smallest absolute Gasteiger partial charge is 0.0353 e. The second-order valence-corrected chi connectivity index (χ2v) is 6.04. The maximum Gasteiger partial charge on any atom is 0.0353 e. The van der Waals surface area contributed by atoms with Gasteiger partial charge in [0.25, 0.3) is 0 Å². The zero-order valence-corrected chi connectivity index (χ0v) is 12.2. The number of nitrogens with zero attached hydrogens (tertiary/aromatic N) is 2. The molecule has 102 valence electrons. The highest BCUT2D eigenvalue weighted by atomic mass is 15.2. The van der Waals surface area contributed by atoms with E-state index in [2.05, 4.69) is 37.6 Å². The normalized spacial score (nSPS) is 21.4. The third-order valence-corrected chi connectivity index (χ3v) is 4.16. The zero-order chi connectivity index (χ0) is 12.9. The summed E-state index contributed by atoms with van der Waals surface area (Å²) in [5.41, 5.74) is 6.32. The van der Waals surface area contributed by atoms with Gasteiger partial charge in [-0.05, 0) is 51.9 Å². The van der Waals surface area contributed by atoms with E-state index in [0.717, 1.165) is 12.5 Å². The first-order valence-corrected chi connectivity index (χ1v) is 7.17. The monoisotopic (exact) mass is 241 g/mol. The molecule has 3 nitrogen and oxygen atoms in total. The summed E-state index contributed by atoms with van der Waals surface area (Å²) < 4.78 is 0. The predicted octanol–water partition coefficient (Wildman–Crippen LogP) is 1.78. The van der Waals surface area contributed by atoms with Crippen LogP contribution in [-0.4, -0.2) is 55.1 Å². The van der Waals surface area contributed by atoms with Crippen molar-refractivity contribution in [3.8, 4) is 0 Å². The van der Waals surface area contributed by atoms with Crippen molar-refractivity contribution >= 4 is 0 Å². The maximum absolute atomic E-state index is 6.06. The molecule has 0 aromatic carbocycles. The van der Waals surface area contributed by atoms with E-state index in [0.29, 0.717) is 0 Å². The molecule has 0 aliphatic carbocycles. The first kappa shape index (κ1) is 14.9. The summed E-state index contributed by atoms with van der Waals surface area (Å²) >= 11 is 0. The summed E-state index contributed by atoms with van der Waals surface area (Å²) in [5.74, 6) is 0.772. The van der Waals surface area contributed by atoms with Crippen LogP contribution in [0.15, 0.2) is 0 Å². The molecule has 2 N–H and O–H groups in total. The van der Waals surface area contributed by atoms with Gasteiger partial charge in [0.2, 0.25) is 0 Å². The Balaban J connectivity index is 2.50. The first-order chi connectivity index (χ1) is 8.04. The van der Waals surface area contributed by atoms with Gasteiger partial charge in [-0.25, -0.2) is 0 Å². The quantitative estimate of drug-likeness (QED) is 0.769. The molecule has 1 fully saturated rings. The van der Waals surface area contributed by atoms with Gasteiger partial charge in [0.1, 0.15) is 0 Å². The molecule has 0 unspecified atom stereocenters. The Morgan fingerprint density at radius 3 is 2.29 bits per heavy atom. The second kappa shape index (κ2) is 6.72. The van der Waals surface area contributed by atoms with Gasteiger partial charge in [-0.3, -0.25) is 4.90 Å². The molecule has 17 heavy (non-hydrogen) atoms. The van der Waals surface area contributed by atoms with Gasteiger partial charge in [-0.1, -0.05) is 20.8 Å². The highest BCUT2D eigenvalue weighted by Crippen LogP contribution is 2.27. The lowest BCUT2D eigenvalue weighted by molar-refractivity contribution is 0.0415. The average Bonchev–Trinajstić information content (AvgIpc) is 2.30. The van der Waals surface area contributed by atoms with Crippen molar-refractivity contribution in [2.24, 2.45) is 11.7 Å². The van der Waals surface area contributed by atoms with Crippen LogP contribution in [0, 0.1) is 5.92 Å². The molecule has 1 aliphatic heterocycles. The highest BCUT2D eigenvalue weighted by Gasteiger charge is 2.36. The lowest BCUT2D eigenvalue weighted by Crippen LogP contribution is -2.58. The van der Waals surface area contributed by atoms with Crippen LogP contribution in [0.1, 0.15) is 40.0 Å². The van der Waals surface area contributed by atoms with E-state index in [1.165, 1.54) is 45.4 Å².